The molecule has 1 heterocycles. The molecule has 0 aliphatic heterocycles. The fourth-order valence-electron chi connectivity index (χ4n) is 4.25. The molecule has 0 aliphatic rings. The van der Waals surface area contributed by atoms with Crippen LogP contribution in [0.5, 0.6) is 11.5 Å². The van der Waals surface area contributed by atoms with Crippen molar-refractivity contribution in [1.82, 2.24) is 4.98 Å². The van der Waals surface area contributed by atoms with Gasteiger partial charge in [-0.15, -0.1) is 0 Å². The molecule has 0 saturated heterocycles. The second kappa shape index (κ2) is 11.6. The Kier molecular flexibility index (Phi) is 8.26. The number of hydrogen-bond acceptors (Lipinski definition) is 5. The highest BCUT2D eigenvalue weighted by molar-refractivity contribution is 7.92. The normalized spacial score (nSPS) is 11.3. The van der Waals surface area contributed by atoms with Crippen LogP contribution in [0.25, 0.3) is 0 Å². The van der Waals surface area contributed by atoms with E-state index >= 15 is 0 Å². The molecule has 4 aromatic rings. The topological polar surface area (TPSA) is 68.7 Å². The first-order chi connectivity index (χ1) is 18.2. The Hall–Kier alpha value is -3.98. The van der Waals surface area contributed by atoms with Gasteiger partial charge in [-0.3, -0.25) is 9.29 Å². The molecule has 4 rings (SSSR count). The zero-order valence-electron chi connectivity index (χ0n) is 21.3. The zero-order valence-corrected chi connectivity index (χ0v) is 22.1. The lowest BCUT2D eigenvalue weighted by atomic mass is 10.00. The molecular weight excluding hydrogens is 510 g/mol. The lowest BCUT2D eigenvalue weighted by molar-refractivity contribution is 0.354. The van der Waals surface area contributed by atoms with Crippen LogP contribution in [0.3, 0.4) is 0 Å². The predicted molar refractivity (Wildman–Crippen MR) is 142 cm³/mol. The maximum absolute atomic E-state index is 14.6. The number of anilines is 1. The molecule has 0 saturated carbocycles. The number of hydrogen-bond donors (Lipinski definition) is 0. The molecule has 0 bridgehead atoms. The molecule has 6 nitrogen and oxygen atoms in total. The van der Waals surface area contributed by atoms with Gasteiger partial charge in [-0.05, 0) is 66.9 Å². The van der Waals surface area contributed by atoms with E-state index in [0.717, 1.165) is 11.1 Å². The number of ether oxygens (including phenoxy) is 2. The number of benzene rings is 3. The smallest absolute Gasteiger partial charge is 0.264 e. The van der Waals surface area contributed by atoms with Crippen molar-refractivity contribution in [3.05, 3.63) is 113 Å². The first-order valence-corrected chi connectivity index (χ1v) is 13.3. The molecule has 0 spiro atoms. The van der Waals surface area contributed by atoms with E-state index in [-0.39, 0.29) is 29.2 Å². The van der Waals surface area contributed by atoms with E-state index < -0.39 is 21.7 Å². The molecule has 38 heavy (non-hydrogen) atoms. The van der Waals surface area contributed by atoms with Crippen molar-refractivity contribution < 1.29 is 26.7 Å². The molecule has 0 fully saturated rings. The highest BCUT2D eigenvalue weighted by atomic mass is 32.2. The van der Waals surface area contributed by atoms with Crippen LogP contribution in [0.1, 0.15) is 22.3 Å². The third-order valence-electron chi connectivity index (χ3n) is 6.23. The van der Waals surface area contributed by atoms with Gasteiger partial charge in [-0.25, -0.2) is 17.2 Å². The average Bonchev–Trinajstić information content (AvgIpc) is 2.92. The maximum atomic E-state index is 14.6. The number of aromatic nitrogens is 1. The predicted octanol–water partition coefficient (Wildman–Crippen LogP) is 5.71. The number of pyridine rings is 1. The fraction of sp³-hybridized carbons (Fsp3) is 0.207. The number of aryl methyl sites for hydroxylation is 1. The minimum absolute atomic E-state index is 0.00604. The van der Waals surface area contributed by atoms with Gasteiger partial charge in [0.1, 0.15) is 11.6 Å². The van der Waals surface area contributed by atoms with Crippen molar-refractivity contribution in [1.29, 1.82) is 0 Å². The molecule has 0 atom stereocenters. The van der Waals surface area contributed by atoms with E-state index in [1.807, 2.05) is 19.1 Å². The summed E-state index contributed by atoms with van der Waals surface area (Å²) < 4.78 is 69.3. The monoisotopic (exact) mass is 538 g/mol. The number of sulfonamides is 1. The van der Waals surface area contributed by atoms with Gasteiger partial charge < -0.3 is 9.47 Å². The standard InChI is InChI=1S/C29H28F2N2O4S/c1-20-7-9-27(22(17-20)18-24-25(30)5-4-6-26(24)31)33(16-13-21-11-14-32-15-12-21)38(34,35)23-8-10-28(36-2)29(19-23)37-3/h4-12,14-15,17,19H,13,16,18H2,1-3H3. The minimum Gasteiger partial charge on any atom is -0.493 e. The third-order valence-corrected chi connectivity index (χ3v) is 8.04. The van der Waals surface area contributed by atoms with Gasteiger partial charge in [0.25, 0.3) is 10.0 Å². The Morgan fingerprint density at radius 3 is 2.21 bits per heavy atom. The Morgan fingerprint density at radius 1 is 0.868 bits per heavy atom. The third kappa shape index (κ3) is 5.78. The number of halogens is 2. The van der Waals surface area contributed by atoms with Gasteiger partial charge in [-0.1, -0.05) is 23.8 Å². The summed E-state index contributed by atoms with van der Waals surface area (Å²) in [6, 6.07) is 16.9. The zero-order chi connectivity index (χ0) is 27.3. The lowest BCUT2D eigenvalue weighted by Crippen LogP contribution is -2.34. The summed E-state index contributed by atoms with van der Waals surface area (Å²) in [6.07, 6.45) is 3.54. The number of methoxy groups -OCH3 is 2. The van der Waals surface area contributed by atoms with Crippen LogP contribution in [0.15, 0.2) is 84.0 Å². The van der Waals surface area contributed by atoms with Crippen LogP contribution >= 0.6 is 0 Å². The summed E-state index contributed by atoms with van der Waals surface area (Å²) in [5, 5.41) is 0. The van der Waals surface area contributed by atoms with Crippen molar-refractivity contribution >= 4 is 15.7 Å². The highest BCUT2D eigenvalue weighted by Gasteiger charge is 2.28. The van der Waals surface area contributed by atoms with E-state index in [1.165, 1.54) is 54.9 Å². The van der Waals surface area contributed by atoms with Crippen LogP contribution in [0.2, 0.25) is 0 Å². The van der Waals surface area contributed by atoms with E-state index in [0.29, 0.717) is 23.4 Å². The van der Waals surface area contributed by atoms with Gasteiger partial charge in [0.2, 0.25) is 0 Å². The summed E-state index contributed by atoms with van der Waals surface area (Å²) in [6.45, 7) is 1.92. The quantitative estimate of drug-likeness (QED) is 0.259. The van der Waals surface area contributed by atoms with Crippen LogP contribution in [-0.2, 0) is 22.9 Å². The van der Waals surface area contributed by atoms with Crippen molar-refractivity contribution in [2.24, 2.45) is 0 Å². The lowest BCUT2D eigenvalue weighted by Gasteiger charge is -2.28. The molecule has 0 amide bonds. The summed E-state index contributed by atoms with van der Waals surface area (Å²) in [5.41, 5.74) is 2.41. The largest absolute Gasteiger partial charge is 0.493 e. The Balaban J connectivity index is 1.84. The van der Waals surface area contributed by atoms with Gasteiger partial charge in [0.15, 0.2) is 11.5 Å². The van der Waals surface area contributed by atoms with Gasteiger partial charge >= 0.3 is 0 Å². The molecule has 0 N–H and O–H groups in total. The van der Waals surface area contributed by atoms with Crippen LogP contribution in [0.4, 0.5) is 14.5 Å². The fourth-order valence-corrected chi connectivity index (χ4v) is 5.76. The molecule has 9 heteroatoms. The Bertz CT molecular complexity index is 1510. The molecule has 0 aliphatic carbocycles. The Morgan fingerprint density at radius 2 is 1.55 bits per heavy atom. The summed E-state index contributed by atoms with van der Waals surface area (Å²) in [4.78, 5) is 4.01. The summed E-state index contributed by atoms with van der Waals surface area (Å²) >= 11 is 0. The van der Waals surface area contributed by atoms with Crippen molar-refractivity contribution in [2.75, 3.05) is 25.1 Å². The molecule has 3 aromatic carbocycles. The van der Waals surface area contributed by atoms with E-state index in [9.17, 15) is 17.2 Å². The van der Waals surface area contributed by atoms with E-state index in [2.05, 4.69) is 4.98 Å². The van der Waals surface area contributed by atoms with Crippen LogP contribution < -0.4 is 13.8 Å². The Labute approximate surface area is 221 Å². The highest BCUT2D eigenvalue weighted by Crippen LogP contribution is 2.34. The molecule has 0 radical (unpaired) electrons. The van der Waals surface area contributed by atoms with Crippen molar-refractivity contribution in [3.63, 3.8) is 0 Å². The average molecular weight is 539 g/mol. The number of nitrogens with zero attached hydrogens (tertiary/aromatic N) is 2. The van der Waals surface area contributed by atoms with Crippen molar-refractivity contribution in [3.8, 4) is 11.5 Å². The molecule has 0 unspecified atom stereocenters. The second-order valence-electron chi connectivity index (χ2n) is 8.71. The second-order valence-corrected chi connectivity index (χ2v) is 10.6. The van der Waals surface area contributed by atoms with E-state index in [1.54, 1.807) is 30.6 Å². The first-order valence-electron chi connectivity index (χ1n) is 11.9. The SMILES string of the molecule is COc1ccc(S(=O)(=O)N(CCc2ccncc2)c2ccc(C)cc2Cc2c(F)cccc2F)cc1OC. The van der Waals surface area contributed by atoms with E-state index in [4.69, 9.17) is 9.47 Å². The minimum atomic E-state index is -4.14. The van der Waals surface area contributed by atoms with Gasteiger partial charge in [-0.2, -0.15) is 0 Å². The van der Waals surface area contributed by atoms with Gasteiger partial charge in [0, 0.05) is 37.0 Å². The maximum Gasteiger partial charge on any atom is 0.264 e. The van der Waals surface area contributed by atoms with Crippen LogP contribution in [-0.4, -0.2) is 34.2 Å². The molecular formula is C29H28F2N2O4S. The van der Waals surface area contributed by atoms with Gasteiger partial charge in [0.05, 0.1) is 24.8 Å². The molecule has 1 aromatic heterocycles. The summed E-state index contributed by atoms with van der Waals surface area (Å²) in [7, 11) is -1.24. The summed E-state index contributed by atoms with van der Waals surface area (Å²) in [5.74, 6) is -0.729. The number of rotatable bonds is 10. The first kappa shape index (κ1) is 27.1. The van der Waals surface area contributed by atoms with Crippen LogP contribution in [0, 0.1) is 18.6 Å². The van der Waals surface area contributed by atoms with Crippen molar-refractivity contribution in [2.45, 2.75) is 24.7 Å². The molecule has 198 valence electrons.